The molecule has 2 aliphatic heterocycles. The van der Waals surface area contributed by atoms with Crippen LogP contribution in [0, 0.1) is 5.41 Å². The van der Waals surface area contributed by atoms with Gasteiger partial charge in [0.1, 0.15) is 0 Å². The number of carbonyl (C=O) groups excluding carboxylic acids is 1. The number of aromatic carboxylic acids is 1. The fraction of sp³-hybridized carbons (Fsp3) is 0.737. The average molecular weight is 360 g/mol. The largest absolute Gasteiger partial charge is 0.476 e. The van der Waals surface area contributed by atoms with Crippen molar-refractivity contribution in [2.75, 3.05) is 19.6 Å². The summed E-state index contributed by atoms with van der Waals surface area (Å²) in [7, 11) is 0. The Bertz CT molecular complexity index is 719. The maximum atomic E-state index is 11.6. The molecule has 2 N–H and O–H groups in total. The number of carbonyl (C=O) groups is 2. The van der Waals surface area contributed by atoms with Gasteiger partial charge in [-0.1, -0.05) is 6.92 Å². The van der Waals surface area contributed by atoms with Gasteiger partial charge in [-0.15, -0.1) is 0 Å². The first-order chi connectivity index (χ1) is 12.5. The first-order valence-corrected chi connectivity index (χ1v) is 9.84. The van der Waals surface area contributed by atoms with Gasteiger partial charge in [0.15, 0.2) is 5.69 Å². The predicted octanol–water partition coefficient (Wildman–Crippen LogP) is 1.45. The number of amides is 1. The number of nitrogens with zero attached hydrogens (tertiary/aromatic N) is 3. The lowest BCUT2D eigenvalue weighted by Gasteiger charge is -2.43. The molecule has 0 saturated carbocycles. The number of hydrogen-bond donors (Lipinski definition) is 2. The molecule has 1 aromatic rings. The molecule has 2 fully saturated rings. The number of aryl methyl sites for hydroxylation is 1. The van der Waals surface area contributed by atoms with E-state index in [1.807, 2.05) is 4.68 Å². The molecule has 1 aromatic heterocycles. The number of likely N-dealkylation sites (tertiary alicyclic amines) is 1. The number of fused-ring (bicyclic) bond motifs is 1. The van der Waals surface area contributed by atoms with Crippen LogP contribution in [0.3, 0.4) is 0 Å². The first kappa shape index (κ1) is 17.5. The highest BCUT2D eigenvalue weighted by Crippen LogP contribution is 2.39. The third kappa shape index (κ3) is 3.02. The van der Waals surface area contributed by atoms with Gasteiger partial charge in [-0.05, 0) is 57.0 Å². The second kappa shape index (κ2) is 6.68. The monoisotopic (exact) mass is 360 g/mol. The summed E-state index contributed by atoms with van der Waals surface area (Å²) >= 11 is 0. The fourth-order valence-electron chi connectivity index (χ4n) is 5.02. The molecule has 4 rings (SSSR count). The molecule has 1 amide bonds. The van der Waals surface area contributed by atoms with Crippen molar-refractivity contribution in [2.45, 2.75) is 64.5 Å². The van der Waals surface area contributed by atoms with Crippen LogP contribution in [-0.4, -0.2) is 57.3 Å². The zero-order valence-corrected chi connectivity index (χ0v) is 15.5. The van der Waals surface area contributed by atoms with Crippen molar-refractivity contribution in [3.05, 3.63) is 17.0 Å². The molecule has 1 unspecified atom stereocenters. The Kier molecular flexibility index (Phi) is 4.50. The number of aromatic nitrogens is 2. The number of rotatable bonds is 4. The Labute approximate surface area is 153 Å². The van der Waals surface area contributed by atoms with E-state index in [4.69, 9.17) is 0 Å². The van der Waals surface area contributed by atoms with Crippen LogP contribution in [-0.2, 0) is 24.2 Å². The molecule has 7 heteroatoms. The van der Waals surface area contributed by atoms with Crippen LogP contribution >= 0.6 is 0 Å². The van der Waals surface area contributed by atoms with E-state index in [-0.39, 0.29) is 17.0 Å². The van der Waals surface area contributed by atoms with Gasteiger partial charge in [-0.25, -0.2) is 4.79 Å². The van der Waals surface area contributed by atoms with E-state index < -0.39 is 5.97 Å². The van der Waals surface area contributed by atoms with Gasteiger partial charge in [0, 0.05) is 36.8 Å². The zero-order chi connectivity index (χ0) is 18.3. The number of hydrogen-bond acceptors (Lipinski definition) is 4. The van der Waals surface area contributed by atoms with E-state index in [1.54, 1.807) is 0 Å². The molecule has 3 aliphatic rings. The number of nitrogens with one attached hydrogen (secondary N) is 1. The van der Waals surface area contributed by atoms with Gasteiger partial charge >= 0.3 is 5.97 Å². The highest BCUT2D eigenvalue weighted by Gasteiger charge is 2.42. The standard InChI is InChI=1S/C19H28N4O3/c1-2-7-23-15-4-3-13(10-14(15)17(21-23)18(25)26)22-8-5-19(6-9-22)11-16(24)20-12-19/h13H,2-12H2,1H3,(H,20,24)(H,25,26). The van der Waals surface area contributed by atoms with Crippen LogP contribution in [0.4, 0.5) is 0 Å². The molecule has 1 spiro atoms. The summed E-state index contributed by atoms with van der Waals surface area (Å²) in [4.78, 5) is 25.8. The summed E-state index contributed by atoms with van der Waals surface area (Å²) in [5, 5.41) is 16.9. The minimum atomic E-state index is -0.912. The number of piperidine rings is 1. The summed E-state index contributed by atoms with van der Waals surface area (Å²) in [5.41, 5.74) is 2.48. The Morgan fingerprint density at radius 2 is 2.15 bits per heavy atom. The Balaban J connectivity index is 1.47. The molecular weight excluding hydrogens is 332 g/mol. The zero-order valence-electron chi connectivity index (χ0n) is 15.5. The second-order valence-electron chi connectivity index (χ2n) is 8.19. The third-order valence-corrected chi connectivity index (χ3v) is 6.53. The van der Waals surface area contributed by atoms with Gasteiger partial charge in [-0.3, -0.25) is 14.4 Å². The second-order valence-corrected chi connectivity index (χ2v) is 8.19. The Hall–Kier alpha value is -1.89. The molecule has 1 aliphatic carbocycles. The van der Waals surface area contributed by atoms with E-state index in [2.05, 4.69) is 22.2 Å². The Morgan fingerprint density at radius 1 is 1.38 bits per heavy atom. The van der Waals surface area contributed by atoms with Crippen molar-refractivity contribution < 1.29 is 14.7 Å². The van der Waals surface area contributed by atoms with Gasteiger partial charge < -0.3 is 10.4 Å². The summed E-state index contributed by atoms with van der Waals surface area (Å²) in [5.74, 6) is -0.722. The summed E-state index contributed by atoms with van der Waals surface area (Å²) in [6.07, 6.45) is 6.48. The topological polar surface area (TPSA) is 87.5 Å². The quantitative estimate of drug-likeness (QED) is 0.849. The first-order valence-electron chi connectivity index (χ1n) is 9.84. The SMILES string of the molecule is CCCn1nc(C(=O)O)c2c1CCC(N1CCC3(CC1)CNC(=O)C3)C2. The lowest BCUT2D eigenvalue weighted by Crippen LogP contribution is -2.47. The van der Waals surface area contributed by atoms with Crippen molar-refractivity contribution in [3.8, 4) is 0 Å². The molecule has 1 atom stereocenters. The molecule has 26 heavy (non-hydrogen) atoms. The number of carboxylic acids is 1. The molecule has 2 saturated heterocycles. The average Bonchev–Trinajstić information content (AvgIpc) is 3.17. The van der Waals surface area contributed by atoms with Crippen molar-refractivity contribution in [1.29, 1.82) is 0 Å². The molecule has 7 nitrogen and oxygen atoms in total. The van der Waals surface area contributed by atoms with Crippen LogP contribution in [0.5, 0.6) is 0 Å². The van der Waals surface area contributed by atoms with E-state index in [0.29, 0.717) is 12.5 Å². The molecule has 0 bridgehead atoms. The van der Waals surface area contributed by atoms with E-state index in [9.17, 15) is 14.7 Å². The van der Waals surface area contributed by atoms with Crippen LogP contribution in [0.15, 0.2) is 0 Å². The van der Waals surface area contributed by atoms with Crippen molar-refractivity contribution in [2.24, 2.45) is 5.41 Å². The van der Waals surface area contributed by atoms with Crippen molar-refractivity contribution >= 4 is 11.9 Å². The van der Waals surface area contributed by atoms with Crippen LogP contribution in [0.1, 0.15) is 60.8 Å². The smallest absolute Gasteiger partial charge is 0.356 e. The maximum Gasteiger partial charge on any atom is 0.356 e. The lowest BCUT2D eigenvalue weighted by molar-refractivity contribution is -0.119. The van der Waals surface area contributed by atoms with E-state index in [1.165, 1.54) is 0 Å². The molecular formula is C19H28N4O3. The van der Waals surface area contributed by atoms with Gasteiger partial charge in [0.05, 0.1) is 0 Å². The van der Waals surface area contributed by atoms with Crippen molar-refractivity contribution in [3.63, 3.8) is 0 Å². The van der Waals surface area contributed by atoms with Gasteiger partial charge in [0.2, 0.25) is 5.91 Å². The number of carboxylic acid groups (broad SMARTS) is 1. The predicted molar refractivity (Wildman–Crippen MR) is 96.2 cm³/mol. The Morgan fingerprint density at radius 3 is 2.77 bits per heavy atom. The fourth-order valence-corrected chi connectivity index (χ4v) is 5.02. The van der Waals surface area contributed by atoms with E-state index in [0.717, 1.165) is 76.0 Å². The minimum Gasteiger partial charge on any atom is -0.476 e. The summed E-state index contributed by atoms with van der Waals surface area (Å²) in [6, 6.07) is 0.391. The highest BCUT2D eigenvalue weighted by atomic mass is 16.4. The van der Waals surface area contributed by atoms with E-state index >= 15 is 0 Å². The van der Waals surface area contributed by atoms with Crippen LogP contribution < -0.4 is 5.32 Å². The van der Waals surface area contributed by atoms with Crippen molar-refractivity contribution in [1.82, 2.24) is 20.0 Å². The molecule has 3 heterocycles. The maximum absolute atomic E-state index is 11.6. The highest BCUT2D eigenvalue weighted by molar-refractivity contribution is 5.87. The van der Waals surface area contributed by atoms with Gasteiger partial charge in [0.25, 0.3) is 0 Å². The third-order valence-electron chi connectivity index (χ3n) is 6.53. The summed E-state index contributed by atoms with van der Waals surface area (Å²) in [6.45, 7) is 5.70. The minimum absolute atomic E-state index is 0.158. The normalized spacial score (nSPS) is 25.3. The lowest BCUT2D eigenvalue weighted by atomic mass is 9.76. The van der Waals surface area contributed by atoms with Crippen LogP contribution in [0.2, 0.25) is 0 Å². The van der Waals surface area contributed by atoms with Gasteiger partial charge in [-0.2, -0.15) is 5.10 Å². The van der Waals surface area contributed by atoms with Crippen LogP contribution in [0.25, 0.3) is 0 Å². The molecule has 0 aromatic carbocycles. The molecule has 142 valence electrons. The summed E-state index contributed by atoms with van der Waals surface area (Å²) < 4.78 is 1.91. The molecule has 0 radical (unpaired) electrons.